The first-order chi connectivity index (χ1) is 11.8. The number of amides is 1. The lowest BCUT2D eigenvalue weighted by Gasteiger charge is -2.34. The summed E-state index contributed by atoms with van der Waals surface area (Å²) < 4.78 is 5.64. The van der Waals surface area contributed by atoms with Crippen LogP contribution >= 0.6 is 11.3 Å². The van der Waals surface area contributed by atoms with Crippen LogP contribution in [0.5, 0.6) is 0 Å². The molecule has 1 amide bonds. The van der Waals surface area contributed by atoms with E-state index in [9.17, 15) is 4.79 Å². The number of rotatable bonds is 3. The first kappa shape index (κ1) is 15.1. The van der Waals surface area contributed by atoms with E-state index in [0.29, 0.717) is 5.89 Å². The summed E-state index contributed by atoms with van der Waals surface area (Å²) in [5.41, 5.74) is 2.84. The highest BCUT2D eigenvalue weighted by atomic mass is 32.1. The van der Waals surface area contributed by atoms with E-state index in [1.807, 2.05) is 29.2 Å². The summed E-state index contributed by atoms with van der Waals surface area (Å²) in [5, 5.41) is 2.12. The molecule has 0 fully saturated rings. The smallest absolute Gasteiger partial charge is 0.247 e. The molecule has 4 nitrogen and oxygen atoms in total. The minimum atomic E-state index is 0.0148. The average Bonchev–Trinajstić information content (AvgIpc) is 3.24. The second kappa shape index (κ2) is 6.24. The number of fused-ring (bicyclic) bond motifs is 2. The number of carbonyl (C=O) groups is 1. The molecule has 2 aromatic heterocycles. The van der Waals surface area contributed by atoms with E-state index < -0.39 is 0 Å². The zero-order chi connectivity index (χ0) is 16.5. The Kier molecular flexibility index (Phi) is 3.94. The number of hydrogen-bond donors (Lipinski definition) is 0. The SMILES string of the molecule is CCC1c2ccsc2CCN1C(=O)/C=C/c1nc2ccccc2o1. The number of nitrogens with zero attached hydrogens (tertiary/aromatic N) is 2. The van der Waals surface area contributed by atoms with Crippen LogP contribution in [0, 0.1) is 0 Å². The zero-order valence-electron chi connectivity index (χ0n) is 13.4. The van der Waals surface area contributed by atoms with E-state index in [4.69, 9.17) is 4.42 Å². The highest BCUT2D eigenvalue weighted by Crippen LogP contribution is 2.35. The Labute approximate surface area is 144 Å². The van der Waals surface area contributed by atoms with E-state index in [1.165, 1.54) is 10.4 Å². The molecule has 0 saturated carbocycles. The van der Waals surface area contributed by atoms with Gasteiger partial charge in [-0.25, -0.2) is 4.98 Å². The third kappa shape index (κ3) is 2.65. The lowest BCUT2D eigenvalue weighted by molar-refractivity contribution is -0.128. The van der Waals surface area contributed by atoms with Crippen molar-refractivity contribution in [3.8, 4) is 0 Å². The minimum absolute atomic E-state index is 0.0148. The van der Waals surface area contributed by atoms with Gasteiger partial charge >= 0.3 is 0 Å². The van der Waals surface area contributed by atoms with Crippen molar-refractivity contribution in [3.05, 3.63) is 58.1 Å². The Balaban J connectivity index is 1.55. The van der Waals surface area contributed by atoms with Gasteiger partial charge in [0.25, 0.3) is 0 Å². The number of aromatic nitrogens is 1. The van der Waals surface area contributed by atoms with Gasteiger partial charge in [-0.05, 0) is 42.0 Å². The van der Waals surface area contributed by atoms with Crippen molar-refractivity contribution in [3.63, 3.8) is 0 Å². The summed E-state index contributed by atoms with van der Waals surface area (Å²) in [7, 11) is 0. The molecule has 0 N–H and O–H groups in total. The van der Waals surface area contributed by atoms with Crippen LogP contribution in [0.1, 0.15) is 35.7 Å². The molecule has 1 unspecified atom stereocenters. The minimum Gasteiger partial charge on any atom is -0.437 e. The Bertz CT molecular complexity index is 876. The van der Waals surface area contributed by atoms with Gasteiger partial charge in [0.2, 0.25) is 11.8 Å². The van der Waals surface area contributed by atoms with Gasteiger partial charge in [0.15, 0.2) is 5.58 Å². The maximum absolute atomic E-state index is 12.7. The molecule has 0 radical (unpaired) electrons. The highest BCUT2D eigenvalue weighted by Gasteiger charge is 2.29. The van der Waals surface area contributed by atoms with Gasteiger partial charge in [0, 0.05) is 23.6 Å². The van der Waals surface area contributed by atoms with Crippen molar-refractivity contribution in [1.29, 1.82) is 0 Å². The summed E-state index contributed by atoms with van der Waals surface area (Å²) in [5.74, 6) is 0.479. The van der Waals surface area contributed by atoms with E-state index in [1.54, 1.807) is 23.5 Å². The predicted molar refractivity (Wildman–Crippen MR) is 95.8 cm³/mol. The van der Waals surface area contributed by atoms with Crippen molar-refractivity contribution >= 4 is 34.4 Å². The van der Waals surface area contributed by atoms with Crippen LogP contribution in [0.2, 0.25) is 0 Å². The fourth-order valence-electron chi connectivity index (χ4n) is 3.30. The molecule has 1 aromatic carbocycles. The average molecular weight is 338 g/mol. The van der Waals surface area contributed by atoms with Crippen molar-refractivity contribution in [1.82, 2.24) is 9.88 Å². The first-order valence-corrected chi connectivity index (χ1v) is 9.04. The first-order valence-electron chi connectivity index (χ1n) is 8.17. The van der Waals surface area contributed by atoms with Gasteiger partial charge in [-0.15, -0.1) is 11.3 Å². The van der Waals surface area contributed by atoms with Crippen LogP contribution in [-0.2, 0) is 11.2 Å². The van der Waals surface area contributed by atoms with Crippen molar-refractivity contribution < 1.29 is 9.21 Å². The van der Waals surface area contributed by atoms with Crippen molar-refractivity contribution in [2.75, 3.05) is 6.54 Å². The van der Waals surface area contributed by atoms with Crippen LogP contribution in [0.4, 0.5) is 0 Å². The summed E-state index contributed by atoms with van der Waals surface area (Å²) in [6.45, 7) is 2.89. The van der Waals surface area contributed by atoms with Crippen LogP contribution in [0.15, 0.2) is 46.2 Å². The largest absolute Gasteiger partial charge is 0.437 e. The Morgan fingerprint density at radius 3 is 3.12 bits per heavy atom. The van der Waals surface area contributed by atoms with Gasteiger partial charge in [0.05, 0.1) is 6.04 Å². The molecule has 1 aliphatic rings. The fourth-order valence-corrected chi connectivity index (χ4v) is 4.23. The third-order valence-electron chi connectivity index (χ3n) is 4.44. The molecule has 0 spiro atoms. The van der Waals surface area contributed by atoms with E-state index in [2.05, 4.69) is 23.4 Å². The maximum Gasteiger partial charge on any atom is 0.247 e. The Morgan fingerprint density at radius 2 is 2.29 bits per heavy atom. The van der Waals surface area contributed by atoms with E-state index >= 15 is 0 Å². The monoisotopic (exact) mass is 338 g/mol. The maximum atomic E-state index is 12.7. The number of carbonyl (C=O) groups excluding carboxylic acids is 1. The van der Waals surface area contributed by atoms with Gasteiger partial charge in [-0.2, -0.15) is 0 Å². The van der Waals surface area contributed by atoms with Crippen molar-refractivity contribution in [2.45, 2.75) is 25.8 Å². The van der Waals surface area contributed by atoms with Gasteiger partial charge < -0.3 is 9.32 Å². The molecule has 3 aromatic rings. The summed E-state index contributed by atoms with van der Waals surface area (Å²) in [4.78, 5) is 20.4. The highest BCUT2D eigenvalue weighted by molar-refractivity contribution is 7.10. The molecule has 1 atom stereocenters. The number of thiophene rings is 1. The molecule has 3 heterocycles. The third-order valence-corrected chi connectivity index (χ3v) is 5.44. The lowest BCUT2D eigenvalue weighted by Crippen LogP contribution is -2.38. The van der Waals surface area contributed by atoms with Crippen LogP contribution in [-0.4, -0.2) is 22.3 Å². The lowest BCUT2D eigenvalue weighted by atomic mass is 9.98. The summed E-state index contributed by atoms with van der Waals surface area (Å²) in [6.07, 6.45) is 5.10. The van der Waals surface area contributed by atoms with Crippen LogP contribution in [0.25, 0.3) is 17.2 Å². The summed E-state index contributed by atoms with van der Waals surface area (Å²) in [6, 6.07) is 9.91. The number of oxazole rings is 1. The fraction of sp³-hybridized carbons (Fsp3) is 0.263. The van der Waals surface area contributed by atoms with Gasteiger partial charge in [0.1, 0.15) is 5.52 Å². The number of benzene rings is 1. The molecule has 0 saturated heterocycles. The molecular formula is C19H18N2O2S. The Morgan fingerprint density at radius 1 is 1.42 bits per heavy atom. The second-order valence-corrected chi connectivity index (χ2v) is 6.86. The molecule has 0 aliphatic carbocycles. The molecule has 1 aliphatic heterocycles. The molecule has 122 valence electrons. The van der Waals surface area contributed by atoms with Crippen LogP contribution < -0.4 is 0 Å². The molecular weight excluding hydrogens is 320 g/mol. The van der Waals surface area contributed by atoms with Gasteiger partial charge in [-0.1, -0.05) is 19.1 Å². The van der Waals surface area contributed by atoms with E-state index in [0.717, 1.165) is 30.5 Å². The van der Waals surface area contributed by atoms with Gasteiger partial charge in [-0.3, -0.25) is 4.79 Å². The normalized spacial score (nSPS) is 17.5. The topological polar surface area (TPSA) is 46.3 Å². The quantitative estimate of drug-likeness (QED) is 0.663. The number of para-hydroxylation sites is 2. The predicted octanol–water partition coefficient (Wildman–Crippen LogP) is 4.44. The Hall–Kier alpha value is -2.40. The van der Waals surface area contributed by atoms with Crippen molar-refractivity contribution in [2.24, 2.45) is 0 Å². The summed E-state index contributed by atoms with van der Waals surface area (Å²) >= 11 is 1.79. The van der Waals surface area contributed by atoms with E-state index in [-0.39, 0.29) is 11.9 Å². The molecule has 0 bridgehead atoms. The zero-order valence-corrected chi connectivity index (χ0v) is 14.3. The second-order valence-electron chi connectivity index (χ2n) is 5.86. The molecule has 5 heteroatoms. The standard InChI is InChI=1S/C19H18N2O2S/c1-2-15-13-10-12-24-17(13)9-11-21(15)19(22)8-7-18-20-14-5-3-4-6-16(14)23-18/h3-8,10,12,15H,2,9,11H2,1H3/b8-7+. The van der Waals surface area contributed by atoms with Crippen LogP contribution in [0.3, 0.4) is 0 Å². The number of hydrogen-bond acceptors (Lipinski definition) is 4. The molecule has 4 rings (SSSR count). The molecule has 24 heavy (non-hydrogen) atoms.